The summed E-state index contributed by atoms with van der Waals surface area (Å²) in [6.07, 6.45) is 1.26. The van der Waals surface area contributed by atoms with E-state index in [1.54, 1.807) is 12.1 Å². The number of fused-ring (bicyclic) bond motifs is 1. The van der Waals surface area contributed by atoms with Gasteiger partial charge in [0.2, 0.25) is 0 Å². The van der Waals surface area contributed by atoms with E-state index in [-0.39, 0.29) is 5.43 Å². The number of hydrogen-bond donors (Lipinski definition) is 0. The molecule has 0 unspecified atom stereocenters. The molecule has 0 aliphatic rings. The summed E-state index contributed by atoms with van der Waals surface area (Å²) in [5, 5.41) is 0.362. The Balaban J connectivity index is 0.00000117. The monoisotopic (exact) mass is 456 g/mol. The first-order chi connectivity index (χ1) is 14.3. The van der Waals surface area contributed by atoms with Crippen LogP contribution in [-0.2, 0) is 30.5 Å². The van der Waals surface area contributed by atoms with Crippen molar-refractivity contribution in [3.63, 3.8) is 0 Å². The van der Waals surface area contributed by atoms with Gasteiger partial charge in [0.15, 0.2) is 0 Å². The van der Waals surface area contributed by atoms with Gasteiger partial charge in [-0.05, 0) is 16.5 Å². The van der Waals surface area contributed by atoms with Gasteiger partial charge in [0.1, 0.15) is 19.0 Å². The predicted molar refractivity (Wildman–Crippen MR) is 109 cm³/mol. The molecule has 6 heteroatoms. The zero-order valence-electron chi connectivity index (χ0n) is 15.6. The number of benzene rings is 3. The molecule has 142 valence electrons. The Labute approximate surface area is 182 Å². The van der Waals surface area contributed by atoms with Crippen LogP contribution in [-0.4, -0.2) is 0 Å². The molecule has 0 saturated carbocycles. The number of hydrogen-bond acceptors (Lipinski definition) is 4. The van der Waals surface area contributed by atoms with Crippen molar-refractivity contribution in [1.82, 2.24) is 0 Å². The first kappa shape index (κ1) is 21.1. The molecule has 0 radical (unpaired) electrons. The average molecular weight is 458 g/mol. The van der Waals surface area contributed by atoms with Crippen molar-refractivity contribution >= 4 is 20.7 Å². The van der Waals surface area contributed by atoms with E-state index in [0.717, 1.165) is 28.4 Å². The summed E-state index contributed by atoms with van der Waals surface area (Å²) in [6, 6.07) is 25.6. The summed E-state index contributed by atoms with van der Waals surface area (Å²) in [5.41, 5.74) is 2.19. The Morgan fingerprint density at radius 2 is 1.45 bits per heavy atom. The molecule has 3 aromatic carbocycles. The van der Waals surface area contributed by atoms with Gasteiger partial charge in [-0.2, -0.15) is 6.07 Å². The molecule has 0 aliphatic heterocycles. The first-order valence-electron chi connectivity index (χ1n) is 8.87. The minimum atomic E-state index is -0.270. The van der Waals surface area contributed by atoms with Gasteiger partial charge < -0.3 is 18.7 Å². The molecule has 0 fully saturated rings. The van der Waals surface area contributed by atoms with Crippen molar-refractivity contribution in [2.75, 3.05) is 0 Å². The van der Waals surface area contributed by atoms with Gasteiger partial charge in [0.05, 0.1) is 11.3 Å². The quantitative estimate of drug-likeness (QED) is 0.285. The minimum absolute atomic E-state index is 0.270. The Bertz CT molecular complexity index is 1100. The second-order valence-corrected chi connectivity index (χ2v) is 6.05. The SMILES string of the molecule is O=c1[c-]coc2cc(OCc3ccccc3)cc(OCc3ccccc3)c12.[Cl][Zn+]. The van der Waals surface area contributed by atoms with Crippen molar-refractivity contribution in [1.29, 1.82) is 0 Å². The first-order valence-corrected chi connectivity index (χ1v) is 12.8. The van der Waals surface area contributed by atoms with Crippen LogP contribution in [0.15, 0.2) is 88.3 Å². The van der Waals surface area contributed by atoms with Crippen LogP contribution in [0.5, 0.6) is 11.5 Å². The molecular weight excluding hydrogens is 441 g/mol. The van der Waals surface area contributed by atoms with Crippen LogP contribution >= 0.6 is 9.69 Å². The van der Waals surface area contributed by atoms with Crippen molar-refractivity contribution in [2.45, 2.75) is 13.2 Å². The van der Waals surface area contributed by atoms with Crippen molar-refractivity contribution in [2.24, 2.45) is 0 Å². The fraction of sp³-hybridized carbons (Fsp3) is 0.0870. The Morgan fingerprint density at radius 1 is 0.862 bits per heavy atom. The molecule has 4 rings (SSSR count). The van der Waals surface area contributed by atoms with Crippen LogP contribution in [0.25, 0.3) is 11.0 Å². The topological polar surface area (TPSA) is 48.7 Å². The second-order valence-electron chi connectivity index (χ2n) is 6.05. The van der Waals surface area contributed by atoms with Crippen molar-refractivity contribution < 1.29 is 31.2 Å². The van der Waals surface area contributed by atoms with Crippen molar-refractivity contribution in [3.8, 4) is 11.5 Å². The molecule has 0 atom stereocenters. The van der Waals surface area contributed by atoms with Crippen LogP contribution in [0.4, 0.5) is 0 Å². The summed E-state index contributed by atoms with van der Waals surface area (Å²) in [7, 11) is 4.76. The molecule has 0 saturated heterocycles. The van der Waals surface area contributed by atoms with E-state index in [2.05, 4.69) is 6.07 Å². The maximum atomic E-state index is 12.3. The standard InChI is InChI=1S/C23H17O4.ClH.Zn/c24-20-11-12-25-21-13-19(26-15-17-7-3-1-4-8-17)14-22(23(20)21)27-16-18-9-5-2-6-10-18;;/h1-10,12-14H,15-16H2;1H;/q-1;;+2/p-1. The Kier molecular flexibility index (Phi) is 7.86. The van der Waals surface area contributed by atoms with E-state index in [9.17, 15) is 4.79 Å². The van der Waals surface area contributed by atoms with Gasteiger partial charge in [-0.1, -0.05) is 60.7 Å². The zero-order valence-corrected chi connectivity index (χ0v) is 19.4. The summed E-state index contributed by atoms with van der Waals surface area (Å²) in [4.78, 5) is 12.3. The van der Waals surface area contributed by atoms with Crippen molar-refractivity contribution in [3.05, 3.63) is 106 Å². The predicted octanol–water partition coefficient (Wildman–Crippen LogP) is 5.44. The van der Waals surface area contributed by atoms with E-state index in [1.165, 1.54) is 6.26 Å². The number of halogens is 1. The molecular formula is C23H17ClO4Zn. The van der Waals surface area contributed by atoms with Gasteiger partial charge in [-0.15, -0.1) is 0 Å². The molecule has 1 heterocycles. The van der Waals surface area contributed by atoms with Gasteiger partial charge in [0, 0.05) is 23.8 Å². The van der Waals surface area contributed by atoms with Crippen LogP contribution in [0, 0.1) is 6.07 Å². The second kappa shape index (κ2) is 10.8. The number of rotatable bonds is 6. The number of ether oxygens (including phenoxy) is 2. The zero-order chi connectivity index (χ0) is 20.5. The van der Waals surface area contributed by atoms with Gasteiger partial charge in [-0.25, -0.2) is 0 Å². The summed E-state index contributed by atoms with van der Waals surface area (Å²) in [5.74, 6) is 0.994. The molecule has 0 aliphatic carbocycles. The fourth-order valence-electron chi connectivity index (χ4n) is 2.77. The van der Waals surface area contributed by atoms with Crippen LogP contribution in [0.2, 0.25) is 0 Å². The normalized spacial score (nSPS) is 10.2. The van der Waals surface area contributed by atoms with E-state index in [1.807, 2.05) is 60.7 Å². The van der Waals surface area contributed by atoms with E-state index >= 15 is 0 Å². The maximum absolute atomic E-state index is 12.3. The van der Waals surface area contributed by atoms with Crippen LogP contribution in [0.1, 0.15) is 11.1 Å². The average Bonchev–Trinajstić information content (AvgIpc) is 2.79. The molecule has 4 aromatic rings. The molecule has 0 bridgehead atoms. The molecule has 1 aromatic heterocycles. The van der Waals surface area contributed by atoms with Gasteiger partial charge >= 0.3 is 27.0 Å². The molecule has 0 N–H and O–H groups in total. The molecule has 29 heavy (non-hydrogen) atoms. The summed E-state index contributed by atoms with van der Waals surface area (Å²) >= 11 is 0.847. The summed E-state index contributed by atoms with van der Waals surface area (Å²) < 4.78 is 17.3. The van der Waals surface area contributed by atoms with E-state index in [4.69, 9.17) is 23.6 Å². The van der Waals surface area contributed by atoms with Gasteiger partial charge in [0.25, 0.3) is 0 Å². The molecule has 0 amide bonds. The molecule has 0 spiro atoms. The van der Waals surface area contributed by atoms with E-state index in [0.29, 0.717) is 35.7 Å². The fourth-order valence-corrected chi connectivity index (χ4v) is 2.77. The van der Waals surface area contributed by atoms with Gasteiger partial charge in [-0.3, -0.25) is 0 Å². The Morgan fingerprint density at radius 3 is 2.07 bits per heavy atom. The van der Waals surface area contributed by atoms with Crippen LogP contribution in [0.3, 0.4) is 0 Å². The Hall–Kier alpha value is -2.62. The third-order valence-corrected chi connectivity index (χ3v) is 4.13. The van der Waals surface area contributed by atoms with Crippen LogP contribution < -0.4 is 14.9 Å². The third kappa shape index (κ3) is 5.69. The molecule has 4 nitrogen and oxygen atoms in total. The summed E-state index contributed by atoms with van der Waals surface area (Å²) in [6.45, 7) is 0.750. The van der Waals surface area contributed by atoms with E-state index < -0.39 is 0 Å². The third-order valence-electron chi connectivity index (χ3n) is 4.13.